The van der Waals surface area contributed by atoms with E-state index in [9.17, 15) is 33.6 Å². The van der Waals surface area contributed by atoms with Gasteiger partial charge < -0.3 is 34.6 Å². The molecule has 0 radical (unpaired) electrons. The van der Waals surface area contributed by atoms with Gasteiger partial charge in [-0.25, -0.2) is 4.18 Å². The highest BCUT2D eigenvalue weighted by atomic mass is 32.3. The Morgan fingerprint density at radius 2 is 1.88 bits per heavy atom. The van der Waals surface area contributed by atoms with Crippen LogP contribution < -0.4 is 0 Å². The van der Waals surface area contributed by atoms with Crippen molar-refractivity contribution in [2.24, 2.45) is 5.92 Å². The van der Waals surface area contributed by atoms with Gasteiger partial charge in [-0.2, -0.15) is 8.42 Å². The van der Waals surface area contributed by atoms with E-state index in [0.717, 1.165) is 6.08 Å². The zero-order valence-corrected chi connectivity index (χ0v) is 14.3. The van der Waals surface area contributed by atoms with Crippen molar-refractivity contribution in [1.29, 1.82) is 0 Å². The summed E-state index contributed by atoms with van der Waals surface area (Å²) >= 11 is 0. The van der Waals surface area contributed by atoms with E-state index in [0.29, 0.717) is 0 Å². The van der Waals surface area contributed by atoms with Crippen LogP contribution >= 0.6 is 0 Å². The van der Waals surface area contributed by atoms with Crippen LogP contribution in [-0.2, 0) is 33.6 Å². The van der Waals surface area contributed by atoms with E-state index < -0.39 is 66.0 Å². The van der Waals surface area contributed by atoms with Gasteiger partial charge in [-0.05, 0) is 6.08 Å². The number of allylic oxidation sites excluding steroid dienone is 1. The summed E-state index contributed by atoms with van der Waals surface area (Å²) in [6, 6.07) is 0. The first kappa shape index (κ1) is 21.1. The Morgan fingerprint density at radius 1 is 1.23 bits per heavy atom. The standard InChI is InChI=1S/C13H20O12S/c1-5-9(16)11(8(24-12(5)18)4-22-26(19,20)21)25-13-10(17)7(15)2-6(3-14)23-13/h2-3,5,7-13,15-18H,4H2,1H3,(H,19,20,21). The molecule has 0 saturated carbocycles. The Morgan fingerprint density at radius 3 is 2.46 bits per heavy atom. The molecule has 0 aliphatic carbocycles. The van der Waals surface area contributed by atoms with Gasteiger partial charge in [0.2, 0.25) is 6.29 Å². The van der Waals surface area contributed by atoms with Gasteiger partial charge in [0, 0.05) is 5.92 Å². The number of aliphatic hydroxyl groups is 4. The van der Waals surface area contributed by atoms with Gasteiger partial charge in [0.05, 0.1) is 12.7 Å². The molecule has 2 heterocycles. The number of hydrogen-bond acceptors (Lipinski definition) is 11. The lowest BCUT2D eigenvalue weighted by atomic mass is 9.92. The molecule has 8 atom stereocenters. The lowest BCUT2D eigenvalue weighted by Crippen LogP contribution is -2.59. The molecule has 1 fully saturated rings. The zero-order chi connectivity index (χ0) is 19.6. The molecule has 0 aromatic rings. The summed E-state index contributed by atoms with van der Waals surface area (Å²) in [6.07, 6.45) is -9.21. The molecule has 0 amide bonds. The van der Waals surface area contributed by atoms with Crippen LogP contribution in [0.2, 0.25) is 0 Å². The average Bonchev–Trinajstić information content (AvgIpc) is 2.56. The van der Waals surface area contributed by atoms with E-state index in [1.807, 2.05) is 0 Å². The van der Waals surface area contributed by atoms with E-state index in [1.165, 1.54) is 6.92 Å². The Labute approximate surface area is 148 Å². The quantitative estimate of drug-likeness (QED) is 0.226. The molecule has 0 bridgehead atoms. The van der Waals surface area contributed by atoms with Gasteiger partial charge in [-0.15, -0.1) is 0 Å². The zero-order valence-electron chi connectivity index (χ0n) is 13.5. The van der Waals surface area contributed by atoms with E-state index >= 15 is 0 Å². The number of rotatable bonds is 6. The molecule has 12 nitrogen and oxygen atoms in total. The van der Waals surface area contributed by atoms with Crippen molar-refractivity contribution in [2.75, 3.05) is 6.61 Å². The Kier molecular flexibility index (Phi) is 6.70. The highest BCUT2D eigenvalue weighted by molar-refractivity contribution is 7.80. The number of ether oxygens (including phenoxy) is 3. The van der Waals surface area contributed by atoms with Gasteiger partial charge in [0.1, 0.15) is 24.4 Å². The lowest BCUT2D eigenvalue weighted by molar-refractivity contribution is -0.313. The fourth-order valence-electron chi connectivity index (χ4n) is 2.52. The fourth-order valence-corrected chi connectivity index (χ4v) is 2.83. The van der Waals surface area contributed by atoms with Crippen molar-refractivity contribution in [1.82, 2.24) is 0 Å². The third kappa shape index (κ3) is 4.97. The molecule has 2 aliphatic rings. The van der Waals surface area contributed by atoms with Gasteiger partial charge in [-0.3, -0.25) is 9.35 Å². The first-order valence-corrected chi connectivity index (χ1v) is 8.88. The van der Waals surface area contributed by atoms with Gasteiger partial charge in [0.25, 0.3) is 0 Å². The molecule has 2 aliphatic heterocycles. The van der Waals surface area contributed by atoms with Crippen molar-refractivity contribution in [3.8, 4) is 0 Å². The Balaban J connectivity index is 2.18. The van der Waals surface area contributed by atoms with Crippen molar-refractivity contribution in [2.45, 2.75) is 50.0 Å². The second-order valence-corrected chi connectivity index (χ2v) is 6.97. The van der Waals surface area contributed by atoms with E-state index in [2.05, 4.69) is 4.18 Å². The minimum atomic E-state index is -4.84. The summed E-state index contributed by atoms with van der Waals surface area (Å²) in [5.74, 6) is -1.20. The first-order valence-electron chi connectivity index (χ1n) is 7.52. The van der Waals surface area contributed by atoms with Crippen LogP contribution in [0, 0.1) is 5.92 Å². The van der Waals surface area contributed by atoms with Crippen LogP contribution in [0.5, 0.6) is 0 Å². The van der Waals surface area contributed by atoms with Crippen LogP contribution in [-0.4, -0.2) is 89.4 Å². The summed E-state index contributed by atoms with van der Waals surface area (Å²) in [5, 5.41) is 39.7. The fraction of sp³-hybridized carbons (Fsp3) is 0.769. The minimum absolute atomic E-state index is 0.268. The SMILES string of the molecule is CC1C(O)OC(COS(=O)(=O)O)C(OC2OC(C=O)=CC(O)C2O)C1O. The number of carbonyl (C=O) groups is 1. The second kappa shape index (κ2) is 8.24. The molecule has 26 heavy (non-hydrogen) atoms. The summed E-state index contributed by atoms with van der Waals surface area (Å²) in [6.45, 7) is 0.585. The van der Waals surface area contributed by atoms with Crippen LogP contribution in [0.15, 0.2) is 11.8 Å². The van der Waals surface area contributed by atoms with Crippen LogP contribution in [0.3, 0.4) is 0 Å². The highest BCUT2D eigenvalue weighted by Gasteiger charge is 2.47. The molecular weight excluding hydrogens is 380 g/mol. The van der Waals surface area contributed by atoms with Crippen molar-refractivity contribution in [3.63, 3.8) is 0 Å². The van der Waals surface area contributed by atoms with Crippen LogP contribution in [0.4, 0.5) is 0 Å². The van der Waals surface area contributed by atoms with Crippen LogP contribution in [0.1, 0.15) is 6.92 Å². The van der Waals surface area contributed by atoms with Gasteiger partial charge >= 0.3 is 10.4 Å². The molecule has 5 N–H and O–H groups in total. The first-order chi connectivity index (χ1) is 12.0. The third-order valence-corrected chi connectivity index (χ3v) is 4.44. The molecule has 2 rings (SSSR count). The molecule has 0 aromatic heterocycles. The summed E-state index contributed by atoms with van der Waals surface area (Å²) in [4.78, 5) is 10.8. The maximum atomic E-state index is 10.8. The maximum absolute atomic E-state index is 10.8. The van der Waals surface area contributed by atoms with Gasteiger partial charge in [-0.1, -0.05) is 6.92 Å². The number of aldehydes is 1. The molecule has 13 heteroatoms. The minimum Gasteiger partial charge on any atom is -0.459 e. The smallest absolute Gasteiger partial charge is 0.397 e. The largest absolute Gasteiger partial charge is 0.459 e. The van der Waals surface area contributed by atoms with E-state index in [-0.39, 0.29) is 12.0 Å². The van der Waals surface area contributed by atoms with Gasteiger partial charge in [0.15, 0.2) is 18.3 Å². The van der Waals surface area contributed by atoms with E-state index in [1.54, 1.807) is 0 Å². The lowest BCUT2D eigenvalue weighted by Gasteiger charge is -2.43. The van der Waals surface area contributed by atoms with Crippen molar-refractivity contribution >= 4 is 16.7 Å². The Bertz CT molecular complexity index is 633. The van der Waals surface area contributed by atoms with Crippen molar-refractivity contribution in [3.05, 3.63) is 11.8 Å². The molecule has 0 aromatic carbocycles. The third-order valence-electron chi connectivity index (χ3n) is 4.01. The summed E-state index contributed by atoms with van der Waals surface area (Å²) in [5.41, 5.74) is 0. The topological polar surface area (TPSA) is 189 Å². The number of hydrogen-bond donors (Lipinski definition) is 5. The predicted octanol–water partition coefficient (Wildman–Crippen LogP) is -2.93. The highest BCUT2D eigenvalue weighted by Crippen LogP contribution is 2.30. The Hall–Kier alpha value is -1.16. The molecular formula is C13H20O12S. The van der Waals surface area contributed by atoms with E-state index in [4.69, 9.17) is 18.8 Å². The molecule has 8 unspecified atom stereocenters. The number of aliphatic hydroxyl groups excluding tert-OH is 4. The van der Waals surface area contributed by atoms with Crippen molar-refractivity contribution < 1.29 is 56.6 Å². The molecule has 0 spiro atoms. The average molecular weight is 400 g/mol. The normalized spacial score (nSPS) is 41.2. The maximum Gasteiger partial charge on any atom is 0.397 e. The number of carbonyl (C=O) groups excluding carboxylic acids is 1. The monoisotopic (exact) mass is 400 g/mol. The second-order valence-electron chi connectivity index (χ2n) is 5.88. The molecule has 1 saturated heterocycles. The van der Waals surface area contributed by atoms with Crippen LogP contribution in [0.25, 0.3) is 0 Å². The molecule has 150 valence electrons. The predicted molar refractivity (Wildman–Crippen MR) is 79.5 cm³/mol. The summed E-state index contributed by atoms with van der Waals surface area (Å²) in [7, 11) is -4.84. The summed E-state index contributed by atoms with van der Waals surface area (Å²) < 4.78 is 49.9.